The van der Waals surface area contributed by atoms with E-state index in [2.05, 4.69) is 24.1 Å². The van der Waals surface area contributed by atoms with Gasteiger partial charge in [-0.15, -0.1) is 0 Å². The molecular weight excluding hydrogens is 202 g/mol. The summed E-state index contributed by atoms with van der Waals surface area (Å²) in [5, 5.41) is 8.88. The molecule has 0 saturated carbocycles. The minimum absolute atomic E-state index is 0.236. The third kappa shape index (κ3) is 1.87. The molecule has 1 aromatic rings. The number of methoxy groups -OCH3 is 1. The van der Waals surface area contributed by atoms with E-state index in [0.717, 1.165) is 31.6 Å². The van der Waals surface area contributed by atoms with Crippen molar-refractivity contribution in [1.29, 1.82) is 0 Å². The van der Waals surface area contributed by atoms with Gasteiger partial charge in [0.25, 0.3) is 0 Å². The average molecular weight is 221 g/mol. The number of fused-ring (bicyclic) bond motifs is 1. The number of likely N-dealkylation sites (N-methyl/N-ethyl adjacent to an activating group) is 1. The molecule has 0 spiro atoms. The lowest BCUT2D eigenvalue weighted by Crippen LogP contribution is -2.12. The summed E-state index contributed by atoms with van der Waals surface area (Å²) >= 11 is 0. The van der Waals surface area contributed by atoms with Crippen LogP contribution in [0.5, 0.6) is 5.75 Å². The van der Waals surface area contributed by atoms with Gasteiger partial charge in [0.1, 0.15) is 5.75 Å². The van der Waals surface area contributed by atoms with E-state index in [1.165, 1.54) is 16.8 Å². The Morgan fingerprint density at radius 1 is 1.44 bits per heavy atom. The van der Waals surface area contributed by atoms with Gasteiger partial charge in [-0.3, -0.25) is 0 Å². The molecule has 0 radical (unpaired) electrons. The number of aryl methyl sites for hydroxylation is 1. The Kier molecular flexibility index (Phi) is 3.34. The summed E-state index contributed by atoms with van der Waals surface area (Å²) in [6.45, 7) is 1.30. The Labute approximate surface area is 96.6 Å². The number of nitrogens with zero attached hydrogens (tertiary/aromatic N) is 1. The number of benzene rings is 1. The highest BCUT2D eigenvalue weighted by atomic mass is 16.5. The number of aliphatic hydroxyl groups excluding tert-OH is 1. The molecule has 0 amide bonds. The first-order chi connectivity index (χ1) is 7.77. The predicted molar refractivity (Wildman–Crippen MR) is 65.4 cm³/mol. The molecule has 88 valence electrons. The lowest BCUT2D eigenvalue weighted by atomic mass is 10.0. The maximum absolute atomic E-state index is 8.88. The zero-order chi connectivity index (χ0) is 11.5. The fourth-order valence-corrected chi connectivity index (χ4v) is 2.39. The maximum atomic E-state index is 8.88. The largest absolute Gasteiger partial charge is 0.496 e. The van der Waals surface area contributed by atoms with Gasteiger partial charge in [-0.1, -0.05) is 6.07 Å². The Balaban J connectivity index is 2.34. The molecule has 0 unspecified atom stereocenters. The summed E-state index contributed by atoms with van der Waals surface area (Å²) in [5.41, 5.74) is 3.82. The summed E-state index contributed by atoms with van der Waals surface area (Å²) in [6.07, 6.45) is 2.74. The monoisotopic (exact) mass is 221 g/mol. The second-order valence-electron chi connectivity index (χ2n) is 4.25. The van der Waals surface area contributed by atoms with Gasteiger partial charge in [-0.25, -0.2) is 0 Å². The quantitative estimate of drug-likeness (QED) is 0.838. The molecule has 2 rings (SSSR count). The van der Waals surface area contributed by atoms with Crippen molar-refractivity contribution >= 4 is 5.69 Å². The predicted octanol–water partition coefficient (Wildman–Crippen LogP) is 1.61. The number of hydrogen-bond donors (Lipinski definition) is 1. The summed E-state index contributed by atoms with van der Waals surface area (Å²) < 4.78 is 5.53. The van der Waals surface area contributed by atoms with Crippen LogP contribution in [0.15, 0.2) is 12.1 Å². The lowest BCUT2D eigenvalue weighted by molar-refractivity contribution is 0.287. The van der Waals surface area contributed by atoms with E-state index >= 15 is 0 Å². The number of rotatable bonds is 4. The SMILES string of the molecule is COc1c(CCCO)ccc2c1CCN2C. The molecule has 3 heteroatoms. The zero-order valence-corrected chi connectivity index (χ0v) is 9.99. The molecule has 1 aromatic carbocycles. The number of hydrogen-bond acceptors (Lipinski definition) is 3. The Bertz CT molecular complexity index is 376. The first kappa shape index (κ1) is 11.3. The summed E-state index contributed by atoms with van der Waals surface area (Å²) in [6, 6.07) is 4.28. The van der Waals surface area contributed by atoms with Crippen molar-refractivity contribution in [2.75, 3.05) is 32.2 Å². The van der Waals surface area contributed by atoms with Gasteiger partial charge >= 0.3 is 0 Å². The van der Waals surface area contributed by atoms with Crippen molar-refractivity contribution in [3.8, 4) is 5.75 Å². The highest BCUT2D eigenvalue weighted by molar-refractivity contribution is 5.65. The van der Waals surface area contributed by atoms with E-state index in [9.17, 15) is 0 Å². The van der Waals surface area contributed by atoms with Crippen molar-refractivity contribution < 1.29 is 9.84 Å². The highest BCUT2D eigenvalue weighted by Gasteiger charge is 2.21. The minimum atomic E-state index is 0.236. The Hall–Kier alpha value is -1.22. The van der Waals surface area contributed by atoms with Crippen LogP contribution >= 0.6 is 0 Å². The smallest absolute Gasteiger partial charge is 0.127 e. The molecule has 3 nitrogen and oxygen atoms in total. The van der Waals surface area contributed by atoms with Crippen LogP contribution in [0.3, 0.4) is 0 Å². The van der Waals surface area contributed by atoms with Crippen molar-refractivity contribution in [2.24, 2.45) is 0 Å². The van der Waals surface area contributed by atoms with Crippen LogP contribution in [0, 0.1) is 0 Å². The maximum Gasteiger partial charge on any atom is 0.127 e. The molecule has 16 heavy (non-hydrogen) atoms. The first-order valence-electron chi connectivity index (χ1n) is 5.78. The van der Waals surface area contributed by atoms with Gasteiger partial charge in [0.05, 0.1) is 7.11 Å². The van der Waals surface area contributed by atoms with Gasteiger partial charge in [0.2, 0.25) is 0 Å². The molecule has 0 saturated heterocycles. The van der Waals surface area contributed by atoms with Gasteiger partial charge in [-0.05, 0) is 30.9 Å². The highest BCUT2D eigenvalue weighted by Crippen LogP contribution is 2.37. The minimum Gasteiger partial charge on any atom is -0.496 e. The van der Waals surface area contributed by atoms with Gasteiger partial charge < -0.3 is 14.7 Å². The topological polar surface area (TPSA) is 32.7 Å². The molecule has 0 fully saturated rings. The number of aliphatic hydroxyl groups is 1. The van der Waals surface area contributed by atoms with E-state index in [1.807, 2.05) is 0 Å². The molecular formula is C13H19NO2. The van der Waals surface area contributed by atoms with Crippen molar-refractivity contribution in [3.05, 3.63) is 23.3 Å². The van der Waals surface area contributed by atoms with Crippen LogP contribution in [0.1, 0.15) is 17.5 Å². The van der Waals surface area contributed by atoms with Crippen LogP contribution in [0.2, 0.25) is 0 Å². The van der Waals surface area contributed by atoms with E-state index in [4.69, 9.17) is 9.84 Å². The fourth-order valence-electron chi connectivity index (χ4n) is 2.39. The molecule has 1 N–H and O–H groups in total. The second kappa shape index (κ2) is 4.74. The second-order valence-corrected chi connectivity index (χ2v) is 4.25. The van der Waals surface area contributed by atoms with Crippen LogP contribution in [-0.2, 0) is 12.8 Å². The Morgan fingerprint density at radius 2 is 2.25 bits per heavy atom. The van der Waals surface area contributed by atoms with Crippen LogP contribution < -0.4 is 9.64 Å². The fraction of sp³-hybridized carbons (Fsp3) is 0.538. The first-order valence-corrected chi connectivity index (χ1v) is 5.78. The zero-order valence-electron chi connectivity index (χ0n) is 9.99. The lowest BCUT2D eigenvalue weighted by Gasteiger charge is -2.15. The third-order valence-corrected chi connectivity index (χ3v) is 3.23. The van der Waals surface area contributed by atoms with E-state index in [0.29, 0.717) is 0 Å². The Morgan fingerprint density at radius 3 is 2.94 bits per heavy atom. The molecule has 1 aliphatic rings. The number of anilines is 1. The molecule has 0 bridgehead atoms. The van der Waals surface area contributed by atoms with Crippen molar-refractivity contribution in [2.45, 2.75) is 19.3 Å². The van der Waals surface area contributed by atoms with Crippen LogP contribution in [0.4, 0.5) is 5.69 Å². The van der Waals surface area contributed by atoms with Gasteiger partial charge in [-0.2, -0.15) is 0 Å². The normalized spacial score (nSPS) is 14.1. The van der Waals surface area contributed by atoms with Gasteiger partial charge in [0, 0.05) is 31.5 Å². The van der Waals surface area contributed by atoms with E-state index < -0.39 is 0 Å². The number of ether oxygens (including phenoxy) is 1. The average Bonchev–Trinajstić information content (AvgIpc) is 2.68. The summed E-state index contributed by atoms with van der Waals surface area (Å²) in [7, 11) is 3.84. The summed E-state index contributed by atoms with van der Waals surface area (Å²) in [4.78, 5) is 2.26. The van der Waals surface area contributed by atoms with Gasteiger partial charge in [0.15, 0.2) is 0 Å². The molecule has 1 heterocycles. The molecule has 0 atom stereocenters. The third-order valence-electron chi connectivity index (χ3n) is 3.23. The van der Waals surface area contributed by atoms with E-state index in [-0.39, 0.29) is 6.61 Å². The summed E-state index contributed by atoms with van der Waals surface area (Å²) in [5.74, 6) is 1.02. The van der Waals surface area contributed by atoms with Crippen molar-refractivity contribution in [3.63, 3.8) is 0 Å². The molecule has 1 aliphatic heterocycles. The van der Waals surface area contributed by atoms with Crippen molar-refractivity contribution in [1.82, 2.24) is 0 Å². The van der Waals surface area contributed by atoms with E-state index in [1.54, 1.807) is 7.11 Å². The standard InChI is InChI=1S/C13H19NO2/c1-14-8-7-11-12(14)6-5-10(4-3-9-15)13(11)16-2/h5-6,15H,3-4,7-9H2,1-2H3. The molecule has 0 aliphatic carbocycles. The molecule has 0 aromatic heterocycles. The van der Waals surface area contributed by atoms with Crippen LogP contribution in [-0.4, -0.2) is 32.4 Å². The van der Waals surface area contributed by atoms with Crippen LogP contribution in [0.25, 0.3) is 0 Å².